The van der Waals surface area contributed by atoms with Gasteiger partial charge in [-0.2, -0.15) is 0 Å². The highest BCUT2D eigenvalue weighted by Crippen LogP contribution is 2.17. The van der Waals surface area contributed by atoms with Gasteiger partial charge in [-0.1, -0.05) is 18.2 Å². The fraction of sp³-hybridized carbons (Fsp3) is 0.133. The third-order valence-corrected chi connectivity index (χ3v) is 2.87. The van der Waals surface area contributed by atoms with Crippen molar-refractivity contribution in [1.82, 2.24) is 0 Å². The largest absolute Gasteiger partial charge is 0.322 e. The molecule has 1 N–H and O–H groups in total. The zero-order valence-corrected chi connectivity index (χ0v) is 10.6. The quantitative estimate of drug-likeness (QED) is 0.874. The number of nitrogens with one attached hydrogen (secondary N) is 1. The van der Waals surface area contributed by atoms with Gasteiger partial charge in [-0.25, -0.2) is 8.78 Å². The average Bonchev–Trinajstić information content (AvgIpc) is 2.37. The van der Waals surface area contributed by atoms with E-state index in [0.29, 0.717) is 16.8 Å². The van der Waals surface area contributed by atoms with Crippen molar-refractivity contribution in [2.75, 3.05) is 5.32 Å². The van der Waals surface area contributed by atoms with Crippen LogP contribution in [0.3, 0.4) is 0 Å². The molecule has 2 aromatic rings. The van der Waals surface area contributed by atoms with Gasteiger partial charge in [-0.3, -0.25) is 4.79 Å². The predicted octanol–water partition coefficient (Wildman–Crippen LogP) is 3.83. The van der Waals surface area contributed by atoms with Crippen molar-refractivity contribution in [3.05, 3.63) is 64.7 Å². The molecule has 19 heavy (non-hydrogen) atoms. The van der Waals surface area contributed by atoms with Crippen LogP contribution >= 0.6 is 0 Å². The molecule has 0 spiro atoms. The Morgan fingerprint density at radius 1 is 1.05 bits per heavy atom. The summed E-state index contributed by atoms with van der Waals surface area (Å²) in [5.41, 5.74) is 1.12. The average molecular weight is 261 g/mol. The smallest absolute Gasteiger partial charge is 0.258 e. The molecule has 0 unspecified atom stereocenters. The number of carbonyl (C=O) groups excluding carboxylic acids is 1. The second kappa shape index (κ2) is 5.18. The molecule has 98 valence electrons. The highest BCUT2D eigenvalue weighted by Gasteiger charge is 2.13. The molecular weight excluding hydrogens is 248 g/mol. The van der Waals surface area contributed by atoms with Crippen LogP contribution in [-0.2, 0) is 0 Å². The Labute approximate surface area is 110 Å². The molecule has 0 saturated heterocycles. The summed E-state index contributed by atoms with van der Waals surface area (Å²) in [5.74, 6) is -1.57. The monoisotopic (exact) mass is 261 g/mol. The first kappa shape index (κ1) is 13.2. The van der Waals surface area contributed by atoms with E-state index in [1.54, 1.807) is 38.1 Å². The van der Waals surface area contributed by atoms with Crippen LogP contribution in [0.2, 0.25) is 0 Å². The van der Waals surface area contributed by atoms with Crippen molar-refractivity contribution in [2.24, 2.45) is 0 Å². The number of benzene rings is 2. The SMILES string of the molecule is Cc1ccc(NC(=O)c2cccc(C)c2F)cc1F. The summed E-state index contributed by atoms with van der Waals surface area (Å²) in [5, 5.41) is 2.48. The van der Waals surface area contributed by atoms with Gasteiger partial charge in [-0.05, 0) is 43.2 Å². The standard InChI is InChI=1S/C15H13F2NO/c1-9-6-7-11(8-13(9)16)18-15(19)12-5-3-4-10(2)14(12)17/h3-8H,1-2H3,(H,18,19). The van der Waals surface area contributed by atoms with Gasteiger partial charge in [0.2, 0.25) is 0 Å². The summed E-state index contributed by atoms with van der Waals surface area (Å²) in [6.07, 6.45) is 0. The maximum Gasteiger partial charge on any atom is 0.258 e. The second-order valence-corrected chi connectivity index (χ2v) is 4.35. The van der Waals surface area contributed by atoms with Crippen molar-refractivity contribution < 1.29 is 13.6 Å². The molecule has 0 aliphatic rings. The molecule has 2 rings (SSSR count). The van der Waals surface area contributed by atoms with E-state index in [1.165, 1.54) is 12.1 Å². The van der Waals surface area contributed by atoms with E-state index in [0.717, 1.165) is 0 Å². The van der Waals surface area contributed by atoms with Crippen molar-refractivity contribution in [3.63, 3.8) is 0 Å². The second-order valence-electron chi connectivity index (χ2n) is 4.35. The fourth-order valence-corrected chi connectivity index (χ4v) is 1.69. The van der Waals surface area contributed by atoms with Crippen molar-refractivity contribution in [2.45, 2.75) is 13.8 Å². The summed E-state index contributed by atoms with van der Waals surface area (Å²) < 4.78 is 27.1. The fourth-order valence-electron chi connectivity index (χ4n) is 1.69. The molecule has 0 aliphatic heterocycles. The Kier molecular flexibility index (Phi) is 3.60. The van der Waals surface area contributed by atoms with Gasteiger partial charge in [0.25, 0.3) is 5.91 Å². The molecule has 0 saturated carbocycles. The molecule has 2 aromatic carbocycles. The van der Waals surface area contributed by atoms with Crippen molar-refractivity contribution in [3.8, 4) is 0 Å². The first-order valence-corrected chi connectivity index (χ1v) is 5.81. The molecule has 0 fully saturated rings. The van der Waals surface area contributed by atoms with Gasteiger partial charge in [0.05, 0.1) is 5.56 Å². The summed E-state index contributed by atoms with van der Waals surface area (Å²) in [6, 6.07) is 8.91. The molecule has 0 atom stereocenters. The van der Waals surface area contributed by atoms with Gasteiger partial charge in [0.15, 0.2) is 0 Å². The van der Waals surface area contributed by atoms with E-state index in [9.17, 15) is 13.6 Å². The molecule has 1 amide bonds. The van der Waals surface area contributed by atoms with E-state index < -0.39 is 17.5 Å². The highest BCUT2D eigenvalue weighted by molar-refractivity contribution is 6.04. The molecule has 4 heteroatoms. The first-order valence-electron chi connectivity index (χ1n) is 5.81. The van der Waals surface area contributed by atoms with Crippen LogP contribution in [0.25, 0.3) is 0 Å². The molecular formula is C15H13F2NO. The zero-order chi connectivity index (χ0) is 14.0. The lowest BCUT2D eigenvalue weighted by atomic mass is 10.1. The van der Waals surface area contributed by atoms with Crippen LogP contribution in [0.1, 0.15) is 21.5 Å². The Bertz CT molecular complexity index is 638. The predicted molar refractivity (Wildman–Crippen MR) is 70.2 cm³/mol. The minimum Gasteiger partial charge on any atom is -0.322 e. The zero-order valence-electron chi connectivity index (χ0n) is 10.6. The summed E-state index contributed by atoms with van der Waals surface area (Å²) >= 11 is 0. The van der Waals surface area contributed by atoms with Gasteiger partial charge < -0.3 is 5.32 Å². The summed E-state index contributed by atoms with van der Waals surface area (Å²) in [7, 11) is 0. The van der Waals surface area contributed by atoms with E-state index >= 15 is 0 Å². The lowest BCUT2D eigenvalue weighted by Crippen LogP contribution is -2.14. The van der Waals surface area contributed by atoms with Gasteiger partial charge >= 0.3 is 0 Å². The van der Waals surface area contributed by atoms with Crippen molar-refractivity contribution in [1.29, 1.82) is 0 Å². The summed E-state index contributed by atoms with van der Waals surface area (Å²) in [4.78, 5) is 11.9. The lowest BCUT2D eigenvalue weighted by Gasteiger charge is -2.08. The topological polar surface area (TPSA) is 29.1 Å². The number of rotatable bonds is 2. The normalized spacial score (nSPS) is 10.3. The number of amides is 1. The Hall–Kier alpha value is -2.23. The number of halogens is 2. The highest BCUT2D eigenvalue weighted by atomic mass is 19.1. The Balaban J connectivity index is 2.26. The van der Waals surface area contributed by atoms with Crippen LogP contribution in [0.5, 0.6) is 0 Å². The number of aryl methyl sites for hydroxylation is 2. The van der Waals surface area contributed by atoms with E-state index in [4.69, 9.17) is 0 Å². The molecule has 0 aromatic heterocycles. The van der Waals surface area contributed by atoms with Crippen LogP contribution in [0.4, 0.5) is 14.5 Å². The van der Waals surface area contributed by atoms with Crippen LogP contribution < -0.4 is 5.32 Å². The molecule has 0 heterocycles. The van der Waals surface area contributed by atoms with E-state index in [2.05, 4.69) is 5.32 Å². The van der Waals surface area contributed by atoms with E-state index in [1.807, 2.05) is 0 Å². The van der Waals surface area contributed by atoms with E-state index in [-0.39, 0.29) is 5.56 Å². The summed E-state index contributed by atoms with van der Waals surface area (Å²) in [6.45, 7) is 3.21. The van der Waals surface area contributed by atoms with Crippen LogP contribution in [0, 0.1) is 25.5 Å². The van der Waals surface area contributed by atoms with Crippen LogP contribution in [-0.4, -0.2) is 5.91 Å². The number of anilines is 1. The van der Waals surface area contributed by atoms with Gasteiger partial charge in [-0.15, -0.1) is 0 Å². The number of carbonyl (C=O) groups is 1. The lowest BCUT2D eigenvalue weighted by molar-refractivity contribution is 0.102. The Morgan fingerprint density at radius 3 is 2.47 bits per heavy atom. The third-order valence-electron chi connectivity index (χ3n) is 2.87. The van der Waals surface area contributed by atoms with Crippen molar-refractivity contribution >= 4 is 11.6 Å². The molecule has 0 radical (unpaired) electrons. The number of hydrogen-bond donors (Lipinski definition) is 1. The minimum atomic E-state index is -0.593. The number of hydrogen-bond acceptors (Lipinski definition) is 1. The molecule has 2 nitrogen and oxygen atoms in total. The Morgan fingerprint density at radius 2 is 1.79 bits per heavy atom. The molecule has 0 aliphatic carbocycles. The van der Waals surface area contributed by atoms with Crippen LogP contribution in [0.15, 0.2) is 36.4 Å². The molecule has 0 bridgehead atoms. The first-order chi connectivity index (χ1) is 8.99. The van der Waals surface area contributed by atoms with Gasteiger partial charge in [0.1, 0.15) is 11.6 Å². The third kappa shape index (κ3) is 2.78. The maximum absolute atomic E-state index is 13.8. The maximum atomic E-state index is 13.8. The van der Waals surface area contributed by atoms with Gasteiger partial charge in [0, 0.05) is 5.69 Å². The minimum absolute atomic E-state index is 0.0546.